The second-order valence-electron chi connectivity index (χ2n) is 6.26. The highest BCUT2D eigenvalue weighted by molar-refractivity contribution is 6.26. The van der Waals surface area contributed by atoms with Gasteiger partial charge in [0, 0.05) is 0 Å². The number of rotatable bonds is 2. The van der Waals surface area contributed by atoms with Crippen LogP contribution in [0.2, 0.25) is 0 Å². The highest BCUT2D eigenvalue weighted by Crippen LogP contribution is 2.53. The molecule has 0 spiro atoms. The molecule has 1 fully saturated rings. The van der Waals surface area contributed by atoms with Gasteiger partial charge in [0.25, 0.3) is 0 Å². The third kappa shape index (κ3) is 1.65. The average Bonchev–Trinajstić information content (AvgIpc) is 2.82. The zero-order valence-corrected chi connectivity index (χ0v) is 12.5. The van der Waals surface area contributed by atoms with Gasteiger partial charge in [0.1, 0.15) is 11.5 Å². The molecule has 112 valence electrons. The summed E-state index contributed by atoms with van der Waals surface area (Å²) in [5, 5.41) is 20.6. The number of aromatic hydroxyl groups is 1. The normalized spacial score (nSPS) is 26.1. The summed E-state index contributed by atoms with van der Waals surface area (Å²) in [6.07, 6.45) is 6.69. The Hall–Kier alpha value is -2.29. The van der Waals surface area contributed by atoms with Gasteiger partial charge in [-0.05, 0) is 42.5 Å². The molecular formula is C19H18O3. The van der Waals surface area contributed by atoms with Crippen LogP contribution in [-0.2, 0) is 11.2 Å². The maximum atomic E-state index is 13.0. The Morgan fingerprint density at radius 2 is 1.77 bits per heavy atom. The molecule has 1 saturated carbocycles. The number of phenols is 1. The summed E-state index contributed by atoms with van der Waals surface area (Å²) in [7, 11) is 0. The lowest BCUT2D eigenvalue weighted by Crippen LogP contribution is -2.28. The number of hydrogen-bond acceptors (Lipinski definition) is 3. The molecule has 22 heavy (non-hydrogen) atoms. The molecule has 2 bridgehead atoms. The summed E-state index contributed by atoms with van der Waals surface area (Å²) in [6.45, 7) is 2.01. The van der Waals surface area contributed by atoms with E-state index in [1.807, 2.05) is 19.1 Å². The van der Waals surface area contributed by atoms with E-state index in [9.17, 15) is 15.0 Å². The molecule has 1 aromatic rings. The second kappa shape index (κ2) is 4.60. The number of ketones is 1. The molecule has 3 heteroatoms. The number of aryl methyl sites for hydroxylation is 1. The largest absolute Gasteiger partial charge is 0.511 e. The second-order valence-corrected chi connectivity index (χ2v) is 6.26. The smallest absolute Gasteiger partial charge is 0.175 e. The van der Waals surface area contributed by atoms with Crippen LogP contribution in [0, 0.1) is 11.8 Å². The fourth-order valence-electron chi connectivity index (χ4n) is 4.08. The Balaban J connectivity index is 1.90. The zero-order chi connectivity index (χ0) is 15.4. The van der Waals surface area contributed by atoms with Crippen molar-refractivity contribution in [2.75, 3.05) is 0 Å². The number of fused-ring (bicyclic) bond motifs is 2. The van der Waals surface area contributed by atoms with Crippen molar-refractivity contribution in [1.82, 2.24) is 0 Å². The molecule has 4 aliphatic rings. The summed E-state index contributed by atoms with van der Waals surface area (Å²) in [4.78, 5) is 13.0. The Labute approximate surface area is 129 Å². The van der Waals surface area contributed by atoms with Gasteiger partial charge in [0.15, 0.2) is 5.78 Å². The van der Waals surface area contributed by atoms with Crippen LogP contribution in [0.1, 0.15) is 30.9 Å². The van der Waals surface area contributed by atoms with E-state index in [4.69, 9.17) is 0 Å². The molecule has 5 rings (SSSR count). The van der Waals surface area contributed by atoms with Crippen LogP contribution in [0.3, 0.4) is 0 Å². The fraction of sp³-hybridized carbons (Fsp3) is 0.316. The number of hydrogen-bond donors (Lipinski definition) is 2. The van der Waals surface area contributed by atoms with Crippen LogP contribution < -0.4 is 0 Å². The third-order valence-electron chi connectivity index (χ3n) is 5.17. The van der Waals surface area contributed by atoms with Gasteiger partial charge in [-0.25, -0.2) is 0 Å². The van der Waals surface area contributed by atoms with Crippen molar-refractivity contribution in [2.24, 2.45) is 11.8 Å². The number of allylic oxidation sites excluding steroid dienone is 5. The van der Waals surface area contributed by atoms with E-state index in [0.29, 0.717) is 11.1 Å². The van der Waals surface area contributed by atoms with Crippen molar-refractivity contribution >= 4 is 11.4 Å². The van der Waals surface area contributed by atoms with Crippen LogP contribution in [0.25, 0.3) is 5.57 Å². The highest BCUT2D eigenvalue weighted by Gasteiger charge is 2.49. The average molecular weight is 294 g/mol. The Morgan fingerprint density at radius 3 is 2.36 bits per heavy atom. The fourth-order valence-corrected chi connectivity index (χ4v) is 4.08. The monoisotopic (exact) mass is 294 g/mol. The van der Waals surface area contributed by atoms with Gasteiger partial charge < -0.3 is 10.2 Å². The predicted molar refractivity (Wildman–Crippen MR) is 84.4 cm³/mol. The summed E-state index contributed by atoms with van der Waals surface area (Å²) in [6, 6.07) is 5.05. The van der Waals surface area contributed by atoms with E-state index in [-0.39, 0.29) is 29.1 Å². The van der Waals surface area contributed by atoms with Gasteiger partial charge in [0.05, 0.1) is 17.4 Å². The molecule has 4 aliphatic carbocycles. The molecule has 0 aromatic heterocycles. The van der Waals surface area contributed by atoms with Gasteiger partial charge in [-0.15, -0.1) is 0 Å². The third-order valence-corrected chi connectivity index (χ3v) is 5.17. The lowest BCUT2D eigenvalue weighted by atomic mass is 9.70. The molecule has 3 nitrogen and oxygen atoms in total. The van der Waals surface area contributed by atoms with E-state index in [2.05, 4.69) is 6.08 Å². The van der Waals surface area contributed by atoms with E-state index < -0.39 is 0 Å². The highest BCUT2D eigenvalue weighted by atomic mass is 16.3. The van der Waals surface area contributed by atoms with Gasteiger partial charge >= 0.3 is 0 Å². The number of Topliss-reactive ketones (excluding diaryl/α,β-unsaturated/α-hetero) is 1. The molecule has 2 atom stereocenters. The van der Waals surface area contributed by atoms with Gasteiger partial charge in [-0.3, -0.25) is 4.79 Å². The minimum Gasteiger partial charge on any atom is -0.511 e. The Kier molecular flexibility index (Phi) is 2.80. The number of phenolic OH excluding ortho intramolecular Hbond substituents is 1. The molecule has 0 saturated heterocycles. The molecule has 2 N–H and O–H groups in total. The number of aliphatic hydroxyl groups is 1. The first-order chi connectivity index (χ1) is 10.6. The van der Waals surface area contributed by atoms with Crippen molar-refractivity contribution in [1.29, 1.82) is 0 Å². The maximum Gasteiger partial charge on any atom is 0.175 e. The van der Waals surface area contributed by atoms with Crippen LogP contribution in [0.5, 0.6) is 5.75 Å². The molecule has 0 heterocycles. The first-order valence-corrected chi connectivity index (χ1v) is 7.81. The summed E-state index contributed by atoms with van der Waals surface area (Å²) >= 11 is 0. The molecule has 2 unspecified atom stereocenters. The number of carbonyl (C=O) groups is 1. The quantitative estimate of drug-likeness (QED) is 0.874. The van der Waals surface area contributed by atoms with Crippen LogP contribution >= 0.6 is 0 Å². The van der Waals surface area contributed by atoms with Crippen molar-refractivity contribution in [3.05, 3.63) is 58.4 Å². The first kappa shape index (κ1) is 13.4. The van der Waals surface area contributed by atoms with Crippen LogP contribution in [-0.4, -0.2) is 16.0 Å². The van der Waals surface area contributed by atoms with Crippen molar-refractivity contribution in [2.45, 2.75) is 26.2 Å². The number of carbonyl (C=O) groups excluding carboxylic acids is 1. The van der Waals surface area contributed by atoms with Crippen molar-refractivity contribution in [3.63, 3.8) is 0 Å². The van der Waals surface area contributed by atoms with Crippen LogP contribution in [0.15, 0.2) is 47.3 Å². The molecule has 1 aromatic carbocycles. The van der Waals surface area contributed by atoms with E-state index in [1.165, 1.54) is 0 Å². The number of benzene rings is 1. The Bertz CT molecular complexity index is 780. The lowest BCUT2D eigenvalue weighted by Gasteiger charge is -2.33. The topological polar surface area (TPSA) is 57.5 Å². The summed E-state index contributed by atoms with van der Waals surface area (Å²) in [5.74, 6) is -0.0955. The molecular weight excluding hydrogens is 276 g/mol. The van der Waals surface area contributed by atoms with Crippen LogP contribution in [0.4, 0.5) is 0 Å². The van der Waals surface area contributed by atoms with E-state index in [1.54, 1.807) is 12.1 Å². The Morgan fingerprint density at radius 1 is 1.09 bits per heavy atom. The van der Waals surface area contributed by atoms with E-state index >= 15 is 0 Å². The summed E-state index contributed by atoms with van der Waals surface area (Å²) in [5.41, 5.74) is 4.34. The standard InChI is InChI=1S/C19H18O3/c1-2-10-7-8-13(20)9-14(10)17-18(21)15-11-3-4-12(6-5-11)16(15)19(17)22/h3-4,7-9,15-16,20-21H,2,5-6H2,1H3. The van der Waals surface area contributed by atoms with Crippen molar-refractivity contribution < 1.29 is 15.0 Å². The first-order valence-electron chi connectivity index (χ1n) is 7.81. The molecule has 0 radical (unpaired) electrons. The summed E-state index contributed by atoms with van der Waals surface area (Å²) < 4.78 is 0. The predicted octanol–water partition coefficient (Wildman–Crippen LogP) is 3.70. The minimum absolute atomic E-state index is 0.000602. The zero-order valence-electron chi connectivity index (χ0n) is 12.5. The maximum absolute atomic E-state index is 13.0. The molecule has 0 aliphatic heterocycles. The number of aliphatic hydroxyl groups excluding tert-OH is 1. The van der Waals surface area contributed by atoms with E-state index in [0.717, 1.165) is 36.0 Å². The van der Waals surface area contributed by atoms with Gasteiger partial charge in [-0.1, -0.05) is 36.3 Å². The van der Waals surface area contributed by atoms with Gasteiger partial charge in [-0.2, -0.15) is 0 Å². The SMILES string of the molecule is CCc1ccc(O)cc1C1=C(O)C2C3=CC=C(CC3)C2C1=O. The van der Waals surface area contributed by atoms with Gasteiger partial charge in [0.2, 0.25) is 0 Å². The molecule has 0 amide bonds. The lowest BCUT2D eigenvalue weighted by molar-refractivity contribution is -0.116. The minimum atomic E-state index is -0.226. The van der Waals surface area contributed by atoms with Crippen molar-refractivity contribution in [3.8, 4) is 5.75 Å².